The summed E-state index contributed by atoms with van der Waals surface area (Å²) in [6.45, 7) is -1.41. The van der Waals surface area contributed by atoms with Crippen molar-refractivity contribution in [2.75, 3.05) is 20.2 Å². The summed E-state index contributed by atoms with van der Waals surface area (Å²) in [4.78, 5) is 4.08. The zero-order valence-electron chi connectivity index (χ0n) is 13.1. The second kappa shape index (κ2) is 9.25. The van der Waals surface area contributed by atoms with Crippen LogP contribution in [0.4, 0.5) is 8.78 Å². The summed E-state index contributed by atoms with van der Waals surface area (Å²) in [5.74, 6) is 0.419. The van der Waals surface area contributed by atoms with Crippen molar-refractivity contribution in [3.63, 3.8) is 0 Å². The van der Waals surface area contributed by atoms with Crippen LogP contribution < -0.4 is 15.4 Å². The Morgan fingerprint density at radius 3 is 2.83 bits per heavy atom. The molecule has 0 aliphatic carbocycles. The molecule has 1 atom stereocenters. The summed E-state index contributed by atoms with van der Waals surface area (Å²) < 4.78 is 35.1. The number of guanidine groups is 1. The lowest BCUT2D eigenvalue weighted by atomic mass is 10.2. The zero-order chi connectivity index (χ0) is 17.5. The Morgan fingerprint density at radius 2 is 2.21 bits per heavy atom. The van der Waals surface area contributed by atoms with E-state index in [1.165, 1.54) is 12.1 Å². The Bertz CT molecular complexity index is 582. The maximum absolute atomic E-state index is 12.6. The summed E-state index contributed by atoms with van der Waals surface area (Å²) in [6.07, 6.45) is 2.20. The fourth-order valence-electron chi connectivity index (χ4n) is 2.38. The molecule has 24 heavy (non-hydrogen) atoms. The van der Waals surface area contributed by atoms with Crippen LogP contribution in [0.25, 0.3) is 0 Å². The summed E-state index contributed by atoms with van der Waals surface area (Å²) in [5.41, 5.74) is 0.410. The average Bonchev–Trinajstić information content (AvgIpc) is 3.03. The summed E-state index contributed by atoms with van der Waals surface area (Å²) >= 11 is 11.9. The van der Waals surface area contributed by atoms with Crippen LogP contribution >= 0.6 is 23.2 Å². The monoisotopic (exact) mass is 381 g/mol. The van der Waals surface area contributed by atoms with Crippen LogP contribution in [-0.2, 0) is 11.3 Å². The normalized spacial score (nSPS) is 18.1. The number of aliphatic imine (C=N–C) groups is 1. The zero-order valence-corrected chi connectivity index (χ0v) is 14.6. The lowest BCUT2D eigenvalue weighted by Crippen LogP contribution is -2.40. The average molecular weight is 382 g/mol. The first kappa shape index (κ1) is 19.0. The molecule has 1 aromatic carbocycles. The van der Waals surface area contributed by atoms with Gasteiger partial charge in [0, 0.05) is 37.3 Å². The van der Waals surface area contributed by atoms with E-state index in [0.29, 0.717) is 23.1 Å². The Hall–Kier alpha value is -1.31. The molecule has 5 nitrogen and oxygen atoms in total. The molecule has 2 rings (SSSR count). The van der Waals surface area contributed by atoms with Gasteiger partial charge < -0.3 is 20.1 Å². The van der Waals surface area contributed by atoms with Gasteiger partial charge in [0.05, 0.1) is 11.1 Å². The van der Waals surface area contributed by atoms with E-state index in [1.807, 2.05) is 0 Å². The fraction of sp³-hybridized carbons (Fsp3) is 0.533. The molecule has 0 bridgehead atoms. The van der Waals surface area contributed by atoms with E-state index in [9.17, 15) is 8.78 Å². The minimum Gasteiger partial charge on any atom is -0.433 e. The molecule has 0 spiro atoms. The Morgan fingerprint density at radius 1 is 1.42 bits per heavy atom. The van der Waals surface area contributed by atoms with Gasteiger partial charge >= 0.3 is 6.61 Å². The summed E-state index contributed by atoms with van der Waals surface area (Å²) in [5, 5.41) is 6.51. The van der Waals surface area contributed by atoms with E-state index in [1.54, 1.807) is 7.05 Å². The highest BCUT2D eigenvalue weighted by Crippen LogP contribution is 2.33. The number of alkyl halides is 2. The van der Waals surface area contributed by atoms with Crippen LogP contribution in [0.15, 0.2) is 17.1 Å². The molecule has 9 heteroatoms. The molecule has 0 amide bonds. The predicted octanol–water partition coefficient (Wildman–Crippen LogP) is 3.44. The molecular weight excluding hydrogens is 363 g/mol. The standard InChI is InChI=1S/C15H19Cl2F2N3O2/c1-20-15(22-8-11-3-2-4-23-11)21-7-9-5-10(16)6-12(17)13(9)24-14(18)19/h5-6,11,14H,2-4,7-8H2,1H3,(H2,20,21,22). The minimum absolute atomic E-state index is 0.0295. The molecule has 1 fully saturated rings. The van der Waals surface area contributed by atoms with Gasteiger partial charge in [-0.15, -0.1) is 0 Å². The summed E-state index contributed by atoms with van der Waals surface area (Å²) in [6, 6.07) is 2.88. The number of rotatable bonds is 6. The molecule has 1 aliphatic rings. The van der Waals surface area contributed by atoms with Crippen LogP contribution in [0, 0.1) is 0 Å². The molecule has 1 aromatic rings. The largest absolute Gasteiger partial charge is 0.433 e. The Labute approximate surface area is 149 Å². The van der Waals surface area contributed by atoms with Crippen molar-refractivity contribution in [3.8, 4) is 5.75 Å². The third-order valence-electron chi connectivity index (χ3n) is 3.48. The van der Waals surface area contributed by atoms with Crippen LogP contribution in [0.3, 0.4) is 0 Å². The van der Waals surface area contributed by atoms with E-state index in [-0.39, 0.29) is 23.4 Å². The molecule has 134 valence electrons. The van der Waals surface area contributed by atoms with E-state index < -0.39 is 6.61 Å². The highest BCUT2D eigenvalue weighted by Gasteiger charge is 2.17. The van der Waals surface area contributed by atoms with Crippen LogP contribution in [0.1, 0.15) is 18.4 Å². The van der Waals surface area contributed by atoms with Crippen LogP contribution in [0.5, 0.6) is 5.75 Å². The van der Waals surface area contributed by atoms with Gasteiger partial charge in [-0.05, 0) is 25.0 Å². The van der Waals surface area contributed by atoms with Gasteiger partial charge in [0.25, 0.3) is 0 Å². The van der Waals surface area contributed by atoms with Gasteiger partial charge in [-0.2, -0.15) is 8.78 Å². The maximum atomic E-state index is 12.6. The van der Waals surface area contributed by atoms with Gasteiger partial charge in [0.15, 0.2) is 5.96 Å². The summed E-state index contributed by atoms with van der Waals surface area (Å²) in [7, 11) is 1.62. The number of hydrogen-bond donors (Lipinski definition) is 2. The van der Waals surface area contributed by atoms with Gasteiger partial charge in [0.2, 0.25) is 0 Å². The Balaban J connectivity index is 1.98. The van der Waals surface area contributed by atoms with Gasteiger partial charge in [-0.25, -0.2) is 0 Å². The topological polar surface area (TPSA) is 54.9 Å². The molecule has 0 saturated carbocycles. The van der Waals surface area contributed by atoms with Crippen LogP contribution in [0.2, 0.25) is 10.0 Å². The highest BCUT2D eigenvalue weighted by molar-refractivity contribution is 6.35. The lowest BCUT2D eigenvalue weighted by Gasteiger charge is -2.17. The van der Waals surface area contributed by atoms with Crippen molar-refractivity contribution < 1.29 is 18.3 Å². The first-order valence-corrected chi connectivity index (χ1v) is 8.24. The van der Waals surface area contributed by atoms with Gasteiger partial charge in [0.1, 0.15) is 5.75 Å². The van der Waals surface area contributed by atoms with Crippen molar-refractivity contribution in [1.29, 1.82) is 0 Å². The minimum atomic E-state index is -2.97. The van der Waals surface area contributed by atoms with E-state index in [4.69, 9.17) is 27.9 Å². The maximum Gasteiger partial charge on any atom is 0.387 e. The number of halogens is 4. The molecule has 1 saturated heterocycles. The van der Waals surface area contributed by atoms with Crippen molar-refractivity contribution in [3.05, 3.63) is 27.7 Å². The molecule has 0 radical (unpaired) electrons. The molecule has 0 aromatic heterocycles. The SMILES string of the molecule is CN=C(NCc1cc(Cl)cc(Cl)c1OC(F)F)NCC1CCCO1. The predicted molar refractivity (Wildman–Crippen MR) is 90.3 cm³/mol. The second-order valence-corrected chi connectivity index (χ2v) is 6.04. The first-order valence-electron chi connectivity index (χ1n) is 7.48. The number of ether oxygens (including phenoxy) is 2. The number of nitrogens with one attached hydrogen (secondary N) is 2. The van der Waals surface area contributed by atoms with Crippen molar-refractivity contribution in [2.45, 2.75) is 32.1 Å². The molecule has 1 unspecified atom stereocenters. The van der Waals surface area contributed by atoms with E-state index >= 15 is 0 Å². The van der Waals surface area contributed by atoms with E-state index in [0.717, 1.165) is 19.4 Å². The first-order chi connectivity index (χ1) is 11.5. The number of nitrogens with zero attached hydrogens (tertiary/aromatic N) is 1. The van der Waals surface area contributed by atoms with Gasteiger partial charge in [-0.1, -0.05) is 23.2 Å². The smallest absolute Gasteiger partial charge is 0.387 e. The second-order valence-electron chi connectivity index (χ2n) is 5.20. The van der Waals surface area contributed by atoms with Crippen molar-refractivity contribution in [1.82, 2.24) is 10.6 Å². The quantitative estimate of drug-likeness (QED) is 0.585. The van der Waals surface area contributed by atoms with Crippen LogP contribution in [-0.4, -0.2) is 38.9 Å². The highest BCUT2D eigenvalue weighted by atomic mass is 35.5. The molecule has 1 aliphatic heterocycles. The number of benzene rings is 1. The Kier molecular flexibility index (Phi) is 7.33. The van der Waals surface area contributed by atoms with Crippen molar-refractivity contribution in [2.24, 2.45) is 4.99 Å². The van der Waals surface area contributed by atoms with Gasteiger partial charge in [-0.3, -0.25) is 4.99 Å². The third-order valence-corrected chi connectivity index (χ3v) is 3.98. The van der Waals surface area contributed by atoms with Crippen molar-refractivity contribution >= 4 is 29.2 Å². The fourth-order valence-corrected chi connectivity index (χ4v) is 2.96. The third kappa shape index (κ3) is 5.65. The number of hydrogen-bond acceptors (Lipinski definition) is 3. The molecule has 2 N–H and O–H groups in total. The van der Waals surface area contributed by atoms with E-state index in [2.05, 4.69) is 20.4 Å². The molecular formula is C15H19Cl2F2N3O2. The molecule has 1 heterocycles. The lowest BCUT2D eigenvalue weighted by molar-refractivity contribution is -0.0504.